The Morgan fingerprint density at radius 1 is 1.09 bits per heavy atom. The lowest BCUT2D eigenvalue weighted by atomic mass is 10.2. The van der Waals surface area contributed by atoms with Crippen LogP contribution in [0, 0.1) is 5.82 Å². The third-order valence-electron chi connectivity index (χ3n) is 2.86. The summed E-state index contributed by atoms with van der Waals surface area (Å²) in [5, 5.41) is 3.27. The van der Waals surface area contributed by atoms with Gasteiger partial charge in [0.1, 0.15) is 5.82 Å². The Balaban J connectivity index is 1.99. The van der Waals surface area contributed by atoms with Gasteiger partial charge in [-0.05, 0) is 49.4 Å². The molecule has 0 spiro atoms. The summed E-state index contributed by atoms with van der Waals surface area (Å²) in [5.74, 6) is -1.74. The van der Waals surface area contributed by atoms with Gasteiger partial charge in [-0.3, -0.25) is 4.79 Å². The summed E-state index contributed by atoms with van der Waals surface area (Å²) >= 11 is 11.7. The maximum Gasteiger partial charge on any atom is 0.338 e. The van der Waals surface area contributed by atoms with Gasteiger partial charge in [-0.2, -0.15) is 0 Å². The Bertz CT molecular complexity index is 714. The smallest absolute Gasteiger partial charge is 0.338 e. The van der Waals surface area contributed by atoms with Gasteiger partial charge in [-0.1, -0.05) is 23.2 Å². The molecule has 7 heteroatoms. The third kappa shape index (κ3) is 4.94. The molecule has 0 unspecified atom stereocenters. The van der Waals surface area contributed by atoms with Gasteiger partial charge in [0.25, 0.3) is 5.91 Å². The first-order valence-electron chi connectivity index (χ1n) is 6.58. The Morgan fingerprint density at radius 3 is 2.22 bits per heavy atom. The number of ether oxygens (including phenoxy) is 1. The van der Waals surface area contributed by atoms with Crippen molar-refractivity contribution in [1.82, 2.24) is 0 Å². The number of anilines is 1. The van der Waals surface area contributed by atoms with E-state index in [4.69, 9.17) is 27.9 Å². The highest BCUT2D eigenvalue weighted by atomic mass is 35.5. The van der Waals surface area contributed by atoms with E-state index in [-0.39, 0.29) is 5.56 Å². The molecule has 2 aromatic rings. The van der Waals surface area contributed by atoms with Gasteiger partial charge in [-0.25, -0.2) is 9.18 Å². The minimum atomic E-state index is -1.05. The molecule has 23 heavy (non-hydrogen) atoms. The minimum absolute atomic E-state index is 0.150. The normalized spacial score (nSPS) is 11.7. The summed E-state index contributed by atoms with van der Waals surface area (Å²) in [6, 6.07) is 9.37. The fourth-order valence-corrected chi connectivity index (χ4v) is 2.26. The molecular weight excluding hydrogens is 344 g/mol. The molecule has 1 amide bonds. The van der Waals surface area contributed by atoms with Gasteiger partial charge in [0.2, 0.25) is 0 Å². The van der Waals surface area contributed by atoms with Crippen molar-refractivity contribution in [2.24, 2.45) is 0 Å². The number of hydrogen-bond acceptors (Lipinski definition) is 3. The molecule has 0 saturated heterocycles. The monoisotopic (exact) mass is 355 g/mol. The highest BCUT2D eigenvalue weighted by Gasteiger charge is 2.19. The lowest BCUT2D eigenvalue weighted by Gasteiger charge is -2.14. The van der Waals surface area contributed by atoms with Gasteiger partial charge in [0.15, 0.2) is 6.10 Å². The van der Waals surface area contributed by atoms with Gasteiger partial charge in [0.05, 0.1) is 5.56 Å². The topological polar surface area (TPSA) is 55.4 Å². The van der Waals surface area contributed by atoms with Crippen molar-refractivity contribution in [2.45, 2.75) is 13.0 Å². The minimum Gasteiger partial charge on any atom is -0.449 e. The fourth-order valence-electron chi connectivity index (χ4n) is 1.74. The zero-order chi connectivity index (χ0) is 17.0. The standard InChI is InChI=1S/C16H12Cl2FNO3/c1-9(23-16(22)10-2-4-13(19)5-3-10)15(21)20-14-7-11(17)6-12(18)8-14/h2-9H,1H3,(H,20,21)/t9-/m1/s1. The van der Waals surface area contributed by atoms with Crippen LogP contribution in [0.4, 0.5) is 10.1 Å². The fraction of sp³-hybridized carbons (Fsp3) is 0.125. The van der Waals surface area contributed by atoms with Crippen molar-refractivity contribution in [3.05, 3.63) is 63.9 Å². The van der Waals surface area contributed by atoms with E-state index in [1.807, 2.05) is 0 Å². The molecule has 4 nitrogen and oxygen atoms in total. The average Bonchev–Trinajstić information content (AvgIpc) is 2.46. The number of benzene rings is 2. The summed E-state index contributed by atoms with van der Waals surface area (Å²) in [6.07, 6.45) is -1.05. The molecule has 0 aromatic heterocycles. The molecule has 0 fully saturated rings. The number of carbonyl (C=O) groups is 2. The molecule has 0 heterocycles. The largest absolute Gasteiger partial charge is 0.449 e. The van der Waals surface area contributed by atoms with E-state index < -0.39 is 23.8 Å². The number of rotatable bonds is 4. The van der Waals surface area contributed by atoms with Crippen LogP contribution in [-0.2, 0) is 9.53 Å². The number of nitrogens with one attached hydrogen (secondary N) is 1. The van der Waals surface area contributed by atoms with Crippen molar-refractivity contribution in [3.8, 4) is 0 Å². The maximum atomic E-state index is 12.8. The van der Waals surface area contributed by atoms with Crippen LogP contribution in [-0.4, -0.2) is 18.0 Å². The van der Waals surface area contributed by atoms with Crippen LogP contribution in [0.15, 0.2) is 42.5 Å². The summed E-state index contributed by atoms with van der Waals surface area (Å²) in [7, 11) is 0. The summed E-state index contributed by atoms with van der Waals surface area (Å²) in [5.41, 5.74) is 0.536. The van der Waals surface area contributed by atoms with Crippen LogP contribution in [0.3, 0.4) is 0 Å². The highest BCUT2D eigenvalue weighted by Crippen LogP contribution is 2.22. The maximum absolute atomic E-state index is 12.8. The molecule has 1 atom stereocenters. The summed E-state index contributed by atoms with van der Waals surface area (Å²) in [6.45, 7) is 1.42. The number of carbonyl (C=O) groups excluding carboxylic acids is 2. The molecular formula is C16H12Cl2FNO3. The van der Waals surface area contributed by atoms with E-state index in [0.717, 1.165) is 12.1 Å². The van der Waals surface area contributed by atoms with Crippen molar-refractivity contribution in [2.75, 3.05) is 5.32 Å². The molecule has 0 aliphatic carbocycles. The van der Waals surface area contributed by atoms with Crippen molar-refractivity contribution >= 4 is 40.8 Å². The first-order valence-corrected chi connectivity index (χ1v) is 7.34. The van der Waals surface area contributed by atoms with Crippen LogP contribution in [0.5, 0.6) is 0 Å². The Kier molecular flexibility index (Phi) is 5.58. The second-order valence-corrected chi connectivity index (χ2v) is 5.57. The van der Waals surface area contributed by atoms with Crippen molar-refractivity contribution < 1.29 is 18.7 Å². The highest BCUT2D eigenvalue weighted by molar-refractivity contribution is 6.35. The van der Waals surface area contributed by atoms with Crippen LogP contribution in [0.1, 0.15) is 17.3 Å². The molecule has 0 saturated carbocycles. The second kappa shape index (κ2) is 7.44. The molecule has 0 bridgehead atoms. The SMILES string of the molecule is C[C@@H](OC(=O)c1ccc(F)cc1)C(=O)Nc1cc(Cl)cc(Cl)c1. The second-order valence-electron chi connectivity index (χ2n) is 4.70. The van der Waals surface area contributed by atoms with E-state index in [1.165, 1.54) is 37.3 Å². The Labute approximate surface area is 142 Å². The lowest BCUT2D eigenvalue weighted by molar-refractivity contribution is -0.123. The van der Waals surface area contributed by atoms with E-state index in [2.05, 4.69) is 5.32 Å². The molecule has 0 aliphatic rings. The first-order chi connectivity index (χ1) is 10.8. The quantitative estimate of drug-likeness (QED) is 0.831. The van der Waals surface area contributed by atoms with E-state index in [9.17, 15) is 14.0 Å². The predicted octanol–water partition coefficient (Wildman–Crippen LogP) is 4.32. The number of amides is 1. The number of hydrogen-bond donors (Lipinski definition) is 1. The van der Waals surface area contributed by atoms with Gasteiger partial charge < -0.3 is 10.1 Å². The number of halogens is 3. The zero-order valence-electron chi connectivity index (χ0n) is 12.0. The Hall–Kier alpha value is -2.11. The molecule has 2 rings (SSSR count). The van der Waals surface area contributed by atoms with Crippen molar-refractivity contribution in [1.29, 1.82) is 0 Å². The van der Waals surface area contributed by atoms with Gasteiger partial charge >= 0.3 is 5.97 Å². The van der Waals surface area contributed by atoms with E-state index in [1.54, 1.807) is 0 Å². The molecule has 1 N–H and O–H groups in total. The predicted molar refractivity (Wildman–Crippen MR) is 86.4 cm³/mol. The van der Waals surface area contributed by atoms with Crippen LogP contribution in [0.25, 0.3) is 0 Å². The van der Waals surface area contributed by atoms with Crippen molar-refractivity contribution in [3.63, 3.8) is 0 Å². The van der Waals surface area contributed by atoms with Crippen LogP contribution in [0.2, 0.25) is 10.0 Å². The van der Waals surface area contributed by atoms with Gasteiger partial charge in [-0.15, -0.1) is 0 Å². The molecule has 2 aromatic carbocycles. The lowest BCUT2D eigenvalue weighted by Crippen LogP contribution is -2.30. The Morgan fingerprint density at radius 2 is 1.65 bits per heavy atom. The van der Waals surface area contributed by atoms with Crippen LogP contribution < -0.4 is 5.32 Å². The average molecular weight is 356 g/mol. The summed E-state index contributed by atoms with van der Waals surface area (Å²) in [4.78, 5) is 23.9. The molecule has 0 radical (unpaired) electrons. The third-order valence-corrected chi connectivity index (χ3v) is 3.30. The van der Waals surface area contributed by atoms with E-state index >= 15 is 0 Å². The zero-order valence-corrected chi connectivity index (χ0v) is 13.5. The van der Waals surface area contributed by atoms with Crippen LogP contribution >= 0.6 is 23.2 Å². The summed E-state index contributed by atoms with van der Waals surface area (Å²) < 4.78 is 17.8. The molecule has 0 aliphatic heterocycles. The number of esters is 1. The van der Waals surface area contributed by atoms with E-state index in [0.29, 0.717) is 15.7 Å². The molecule has 120 valence electrons. The van der Waals surface area contributed by atoms with Gasteiger partial charge in [0, 0.05) is 15.7 Å². The first kappa shape index (κ1) is 17.2.